The number of hydrogen-bond donors (Lipinski definition) is 4. The third kappa shape index (κ3) is 4.16. The van der Waals surface area contributed by atoms with Crippen LogP contribution in [-0.4, -0.2) is 7.05 Å². The van der Waals surface area contributed by atoms with Crippen LogP contribution in [0.2, 0.25) is 0 Å². The Morgan fingerprint density at radius 2 is 1.05 bits per heavy atom. The lowest BCUT2D eigenvalue weighted by atomic mass is 10.1. The summed E-state index contributed by atoms with van der Waals surface area (Å²) in [6, 6.07) is 35.9. The average molecular weight is 501 g/mol. The molecule has 7 heteroatoms. The van der Waals surface area contributed by atoms with Crippen molar-refractivity contribution in [3.8, 4) is 11.5 Å². The molecule has 5 aromatic carbocycles. The first-order valence-electron chi connectivity index (χ1n) is 12.3. The van der Waals surface area contributed by atoms with Crippen molar-refractivity contribution >= 4 is 56.9 Å². The van der Waals surface area contributed by atoms with Crippen LogP contribution in [0.15, 0.2) is 109 Å². The van der Waals surface area contributed by atoms with Gasteiger partial charge in [-0.1, -0.05) is 0 Å². The second-order valence-electron chi connectivity index (χ2n) is 9.13. The van der Waals surface area contributed by atoms with Crippen LogP contribution >= 0.6 is 0 Å². The van der Waals surface area contributed by atoms with Crippen molar-refractivity contribution in [1.29, 1.82) is 0 Å². The molecule has 0 unspecified atom stereocenters. The second kappa shape index (κ2) is 9.29. The molecule has 1 heterocycles. The van der Waals surface area contributed by atoms with Crippen molar-refractivity contribution in [2.75, 3.05) is 39.4 Å². The number of nitrogens with two attached hydrogens (primary N) is 3. The van der Waals surface area contributed by atoms with Crippen molar-refractivity contribution in [1.82, 2.24) is 0 Å². The highest BCUT2D eigenvalue weighted by Gasteiger charge is 2.26. The van der Waals surface area contributed by atoms with E-state index in [1.165, 1.54) is 0 Å². The first kappa shape index (κ1) is 23.1. The van der Waals surface area contributed by atoms with Gasteiger partial charge in [0.05, 0.1) is 11.4 Å². The van der Waals surface area contributed by atoms with E-state index in [1.807, 2.05) is 85.9 Å². The second-order valence-corrected chi connectivity index (χ2v) is 9.13. The summed E-state index contributed by atoms with van der Waals surface area (Å²) in [5.41, 5.74) is 26.9. The predicted octanol–water partition coefficient (Wildman–Crippen LogP) is 7.52. The average Bonchev–Trinajstić information content (AvgIpc) is 2.94. The van der Waals surface area contributed by atoms with Crippen LogP contribution < -0.4 is 37.1 Å². The van der Waals surface area contributed by atoms with Gasteiger partial charge in [0.2, 0.25) is 0 Å². The third-order valence-electron chi connectivity index (χ3n) is 6.60. The molecule has 7 nitrogen and oxygen atoms in total. The number of nitrogen functional groups attached to an aromatic ring is 3. The Bertz CT molecular complexity index is 1550. The zero-order chi connectivity index (χ0) is 26.2. The standard InChI is InChI=1S/C31H28N6O/c1-35-23-7-17-29-31(19-23)38-30-18-22(34)6-16-28(30)37(29)27-14-12-26(13-15-27)36(24-8-2-20(32)3-9-24)25-10-4-21(33)5-11-25/h2-19,35H,32-34H2,1H3. The Balaban J connectivity index is 1.44. The largest absolute Gasteiger partial charge is 0.453 e. The highest BCUT2D eigenvalue weighted by atomic mass is 16.5. The monoisotopic (exact) mass is 500 g/mol. The van der Waals surface area contributed by atoms with Gasteiger partial charge >= 0.3 is 0 Å². The van der Waals surface area contributed by atoms with E-state index in [0.717, 1.165) is 45.6 Å². The summed E-state index contributed by atoms with van der Waals surface area (Å²) < 4.78 is 6.26. The fourth-order valence-corrected chi connectivity index (χ4v) is 4.70. The molecule has 0 saturated carbocycles. The lowest BCUT2D eigenvalue weighted by molar-refractivity contribution is 0.477. The van der Waals surface area contributed by atoms with Gasteiger partial charge in [0.15, 0.2) is 11.5 Å². The van der Waals surface area contributed by atoms with E-state index in [-0.39, 0.29) is 0 Å². The fourth-order valence-electron chi connectivity index (χ4n) is 4.70. The van der Waals surface area contributed by atoms with Crippen LogP contribution in [0.3, 0.4) is 0 Å². The number of anilines is 10. The lowest BCUT2D eigenvalue weighted by Gasteiger charge is -2.33. The van der Waals surface area contributed by atoms with Crippen LogP contribution in [0.1, 0.15) is 0 Å². The Labute approximate surface area is 221 Å². The number of nitrogens with zero attached hydrogens (tertiary/aromatic N) is 2. The molecule has 38 heavy (non-hydrogen) atoms. The van der Waals surface area contributed by atoms with E-state index in [1.54, 1.807) is 0 Å². The Kier molecular flexibility index (Phi) is 5.65. The van der Waals surface area contributed by atoms with E-state index in [0.29, 0.717) is 22.8 Å². The van der Waals surface area contributed by atoms with Gasteiger partial charge in [0.1, 0.15) is 0 Å². The van der Waals surface area contributed by atoms with Crippen LogP contribution in [-0.2, 0) is 0 Å². The zero-order valence-corrected chi connectivity index (χ0v) is 20.9. The summed E-state index contributed by atoms with van der Waals surface area (Å²) in [7, 11) is 1.89. The quantitative estimate of drug-likeness (QED) is 0.181. The number of nitrogens with one attached hydrogen (secondary N) is 1. The van der Waals surface area contributed by atoms with E-state index in [2.05, 4.69) is 45.4 Å². The minimum Gasteiger partial charge on any atom is -0.453 e. The van der Waals surface area contributed by atoms with Gasteiger partial charge in [-0.2, -0.15) is 0 Å². The van der Waals surface area contributed by atoms with E-state index >= 15 is 0 Å². The molecule has 6 rings (SSSR count). The first-order chi connectivity index (χ1) is 18.5. The number of benzene rings is 5. The molecule has 0 fully saturated rings. The topological polar surface area (TPSA) is 106 Å². The third-order valence-corrected chi connectivity index (χ3v) is 6.60. The fraction of sp³-hybridized carbons (Fsp3) is 0.0323. The SMILES string of the molecule is CNc1ccc2c(c1)Oc1cc(N)ccc1N2c1ccc(N(c2ccc(N)cc2)c2ccc(N)cc2)cc1. The van der Waals surface area contributed by atoms with Crippen molar-refractivity contribution in [2.24, 2.45) is 0 Å². The minimum atomic E-state index is 0.648. The maximum atomic E-state index is 6.26. The molecule has 0 aromatic heterocycles. The Hall–Kier alpha value is -5.30. The number of rotatable bonds is 5. The summed E-state index contributed by atoms with van der Waals surface area (Å²) in [6.07, 6.45) is 0. The van der Waals surface area contributed by atoms with Gasteiger partial charge in [-0.05, 0) is 97.1 Å². The van der Waals surface area contributed by atoms with Gasteiger partial charge in [-0.15, -0.1) is 0 Å². The minimum absolute atomic E-state index is 0.648. The van der Waals surface area contributed by atoms with Gasteiger partial charge in [0, 0.05) is 64.7 Å². The van der Waals surface area contributed by atoms with Gasteiger partial charge in [0.25, 0.3) is 0 Å². The highest BCUT2D eigenvalue weighted by molar-refractivity contribution is 5.89. The molecule has 0 saturated heterocycles. The molecule has 0 bridgehead atoms. The first-order valence-corrected chi connectivity index (χ1v) is 12.3. The number of hydrogen-bond acceptors (Lipinski definition) is 7. The van der Waals surface area contributed by atoms with Crippen LogP contribution in [0.5, 0.6) is 11.5 Å². The molecule has 1 aliphatic rings. The summed E-state index contributed by atoms with van der Waals surface area (Å²) in [6.45, 7) is 0. The van der Waals surface area contributed by atoms with Crippen LogP contribution in [0.25, 0.3) is 0 Å². The van der Waals surface area contributed by atoms with Crippen LogP contribution in [0, 0.1) is 0 Å². The molecule has 1 aliphatic heterocycles. The Morgan fingerprint density at radius 1 is 0.579 bits per heavy atom. The van der Waals surface area contributed by atoms with E-state index in [4.69, 9.17) is 21.9 Å². The van der Waals surface area contributed by atoms with Gasteiger partial charge < -0.3 is 37.1 Å². The molecule has 5 aromatic rings. The highest BCUT2D eigenvalue weighted by Crippen LogP contribution is 2.51. The lowest BCUT2D eigenvalue weighted by Crippen LogP contribution is -2.16. The normalized spacial score (nSPS) is 11.8. The summed E-state index contributed by atoms with van der Waals surface area (Å²) in [5, 5.41) is 3.18. The van der Waals surface area contributed by atoms with Crippen molar-refractivity contribution < 1.29 is 4.74 Å². The van der Waals surface area contributed by atoms with E-state index in [9.17, 15) is 0 Å². The zero-order valence-electron chi connectivity index (χ0n) is 20.9. The molecular weight excluding hydrogens is 472 g/mol. The van der Waals surface area contributed by atoms with Gasteiger partial charge in [-0.3, -0.25) is 0 Å². The summed E-state index contributed by atoms with van der Waals surface area (Å²) in [4.78, 5) is 4.36. The molecule has 0 aliphatic carbocycles. The molecule has 0 atom stereocenters. The summed E-state index contributed by atoms with van der Waals surface area (Å²) >= 11 is 0. The molecule has 188 valence electrons. The van der Waals surface area contributed by atoms with E-state index < -0.39 is 0 Å². The number of ether oxygens (including phenoxy) is 1. The van der Waals surface area contributed by atoms with Crippen molar-refractivity contribution in [3.63, 3.8) is 0 Å². The summed E-state index contributed by atoms with van der Waals surface area (Å²) in [5.74, 6) is 1.46. The molecule has 7 N–H and O–H groups in total. The maximum absolute atomic E-state index is 6.26. The molecule has 0 spiro atoms. The van der Waals surface area contributed by atoms with Crippen molar-refractivity contribution in [2.45, 2.75) is 0 Å². The maximum Gasteiger partial charge on any atom is 0.153 e. The van der Waals surface area contributed by atoms with Crippen LogP contribution in [0.4, 0.5) is 56.9 Å². The van der Waals surface area contributed by atoms with Gasteiger partial charge in [-0.25, -0.2) is 0 Å². The van der Waals surface area contributed by atoms with Crippen molar-refractivity contribution in [3.05, 3.63) is 109 Å². The number of fused-ring (bicyclic) bond motifs is 2. The molecule has 0 radical (unpaired) electrons. The molecule has 0 amide bonds. The predicted molar refractivity (Wildman–Crippen MR) is 159 cm³/mol. The Morgan fingerprint density at radius 3 is 1.61 bits per heavy atom. The molecular formula is C31H28N6O. The smallest absolute Gasteiger partial charge is 0.153 e.